The number of benzene rings is 1. The van der Waals surface area contributed by atoms with Crippen molar-refractivity contribution in [2.75, 3.05) is 10.2 Å². The van der Waals surface area contributed by atoms with Crippen molar-refractivity contribution in [1.82, 2.24) is 4.98 Å². The third-order valence-electron chi connectivity index (χ3n) is 3.65. The van der Waals surface area contributed by atoms with E-state index in [0.717, 1.165) is 12.1 Å². The number of amides is 2. The molecule has 0 fully saturated rings. The fourth-order valence-corrected chi connectivity index (χ4v) is 2.67. The van der Waals surface area contributed by atoms with Crippen molar-refractivity contribution in [3.05, 3.63) is 48.3 Å². The molecule has 1 aliphatic heterocycles. The van der Waals surface area contributed by atoms with E-state index in [1.807, 2.05) is 31.2 Å². The third-order valence-corrected chi connectivity index (χ3v) is 3.65. The summed E-state index contributed by atoms with van der Waals surface area (Å²) in [6.45, 7) is 2.01. The highest BCUT2D eigenvalue weighted by molar-refractivity contribution is 6.16. The molecule has 2 N–H and O–H groups in total. The van der Waals surface area contributed by atoms with E-state index in [9.17, 15) is 9.59 Å². The first-order chi connectivity index (χ1) is 10.2. The van der Waals surface area contributed by atoms with Crippen LogP contribution in [0.3, 0.4) is 0 Å². The van der Waals surface area contributed by atoms with Gasteiger partial charge in [0.15, 0.2) is 0 Å². The Labute approximate surface area is 123 Å². The minimum atomic E-state index is -0.472. The second-order valence-corrected chi connectivity index (χ2v) is 5.07. The minimum absolute atomic E-state index is 0.129. The summed E-state index contributed by atoms with van der Waals surface area (Å²) in [4.78, 5) is 29.6. The molecule has 1 atom stereocenters. The fraction of sp³-hybridized carbons (Fsp3) is 0.250. The lowest BCUT2D eigenvalue weighted by Crippen LogP contribution is -2.51. The molecule has 5 heteroatoms. The second-order valence-electron chi connectivity index (χ2n) is 5.07. The zero-order chi connectivity index (χ0) is 14.8. The van der Waals surface area contributed by atoms with Crippen LogP contribution in [0.4, 0.5) is 11.4 Å². The molecule has 0 saturated heterocycles. The number of fused-ring (bicyclic) bond motifs is 1. The van der Waals surface area contributed by atoms with Crippen molar-refractivity contribution < 1.29 is 9.59 Å². The molecule has 0 unspecified atom stereocenters. The number of aromatic nitrogens is 1. The number of hydrogen-bond acceptors (Lipinski definition) is 2. The van der Waals surface area contributed by atoms with Crippen LogP contribution in [0.15, 0.2) is 42.6 Å². The van der Waals surface area contributed by atoms with Gasteiger partial charge in [-0.1, -0.05) is 25.5 Å². The Kier molecular flexibility index (Phi) is 3.48. The first-order valence-electron chi connectivity index (χ1n) is 7.09. The van der Waals surface area contributed by atoms with Crippen LogP contribution in [0.5, 0.6) is 0 Å². The number of nitrogens with zero attached hydrogens (tertiary/aromatic N) is 1. The Morgan fingerprint density at radius 1 is 1.24 bits per heavy atom. The molecule has 2 amide bonds. The smallest absolute Gasteiger partial charge is 0.275 e. The number of aromatic amines is 1. The highest BCUT2D eigenvalue weighted by Gasteiger charge is 2.36. The topological polar surface area (TPSA) is 65.2 Å². The number of nitrogens with one attached hydrogen (secondary N) is 2. The Bertz CT molecular complexity index is 664. The van der Waals surface area contributed by atoms with Gasteiger partial charge in [0.05, 0.1) is 11.4 Å². The van der Waals surface area contributed by atoms with Crippen LogP contribution < -0.4 is 10.2 Å². The normalized spacial score (nSPS) is 17.3. The zero-order valence-electron chi connectivity index (χ0n) is 11.8. The second kappa shape index (κ2) is 5.44. The highest BCUT2D eigenvalue weighted by atomic mass is 16.2. The van der Waals surface area contributed by atoms with Gasteiger partial charge in [-0.3, -0.25) is 14.5 Å². The Morgan fingerprint density at radius 2 is 2.05 bits per heavy atom. The quantitative estimate of drug-likeness (QED) is 0.909. The van der Waals surface area contributed by atoms with Crippen molar-refractivity contribution in [3.8, 4) is 0 Å². The molecule has 1 aliphatic rings. The molecule has 0 aliphatic carbocycles. The van der Waals surface area contributed by atoms with Gasteiger partial charge in [0, 0.05) is 6.20 Å². The summed E-state index contributed by atoms with van der Waals surface area (Å²) in [5, 5.41) is 2.88. The van der Waals surface area contributed by atoms with Gasteiger partial charge in [0.25, 0.3) is 5.91 Å². The average Bonchev–Trinajstić information content (AvgIpc) is 3.02. The molecule has 2 aromatic rings. The number of hydrogen-bond donors (Lipinski definition) is 2. The Hall–Kier alpha value is -2.56. The zero-order valence-corrected chi connectivity index (χ0v) is 11.8. The molecule has 21 heavy (non-hydrogen) atoms. The van der Waals surface area contributed by atoms with Crippen molar-refractivity contribution in [2.45, 2.75) is 25.8 Å². The number of anilines is 2. The van der Waals surface area contributed by atoms with Crippen molar-refractivity contribution >= 4 is 23.2 Å². The molecule has 3 rings (SSSR count). The minimum Gasteiger partial charge on any atom is -0.357 e. The number of carbonyl (C=O) groups excluding carboxylic acids is 2. The van der Waals surface area contributed by atoms with Gasteiger partial charge in [-0.25, -0.2) is 0 Å². The molecule has 108 valence electrons. The van der Waals surface area contributed by atoms with Crippen LogP contribution in [0.1, 0.15) is 30.3 Å². The lowest BCUT2D eigenvalue weighted by Gasteiger charge is -2.36. The molecule has 2 heterocycles. The van der Waals surface area contributed by atoms with Crippen LogP contribution in [0.25, 0.3) is 0 Å². The van der Waals surface area contributed by atoms with E-state index in [4.69, 9.17) is 0 Å². The summed E-state index contributed by atoms with van der Waals surface area (Å²) in [5.41, 5.74) is 1.91. The van der Waals surface area contributed by atoms with Crippen LogP contribution in [-0.2, 0) is 4.79 Å². The highest BCUT2D eigenvalue weighted by Crippen LogP contribution is 2.34. The molecule has 0 saturated carbocycles. The molecule has 1 aromatic heterocycles. The van der Waals surface area contributed by atoms with Gasteiger partial charge in [-0.05, 0) is 30.7 Å². The Morgan fingerprint density at radius 3 is 2.76 bits per heavy atom. The monoisotopic (exact) mass is 283 g/mol. The van der Waals surface area contributed by atoms with Crippen molar-refractivity contribution in [1.29, 1.82) is 0 Å². The van der Waals surface area contributed by atoms with Crippen LogP contribution in [0, 0.1) is 0 Å². The van der Waals surface area contributed by atoms with E-state index in [1.165, 1.54) is 0 Å². The van der Waals surface area contributed by atoms with Gasteiger partial charge in [-0.2, -0.15) is 0 Å². The maximum atomic E-state index is 12.8. The van der Waals surface area contributed by atoms with E-state index in [-0.39, 0.29) is 11.8 Å². The van der Waals surface area contributed by atoms with Gasteiger partial charge in [0.1, 0.15) is 11.7 Å². The van der Waals surface area contributed by atoms with E-state index in [1.54, 1.807) is 23.2 Å². The molecule has 0 radical (unpaired) electrons. The van der Waals surface area contributed by atoms with Crippen LogP contribution in [-0.4, -0.2) is 22.8 Å². The maximum Gasteiger partial charge on any atom is 0.275 e. The third kappa shape index (κ3) is 2.31. The fourth-order valence-electron chi connectivity index (χ4n) is 2.67. The predicted octanol–water partition coefficient (Wildman–Crippen LogP) is 2.78. The number of rotatable bonds is 3. The first-order valence-corrected chi connectivity index (χ1v) is 7.09. The summed E-state index contributed by atoms with van der Waals surface area (Å²) in [6, 6.07) is 10.4. The number of para-hydroxylation sites is 2. The van der Waals surface area contributed by atoms with Crippen molar-refractivity contribution in [3.63, 3.8) is 0 Å². The summed E-state index contributed by atoms with van der Waals surface area (Å²) in [7, 11) is 0. The molecule has 0 bridgehead atoms. The number of H-pyrrole nitrogens is 1. The van der Waals surface area contributed by atoms with E-state index >= 15 is 0 Å². The van der Waals surface area contributed by atoms with E-state index in [2.05, 4.69) is 10.3 Å². The predicted molar refractivity (Wildman–Crippen MR) is 81.4 cm³/mol. The number of carbonyl (C=O) groups is 2. The summed E-state index contributed by atoms with van der Waals surface area (Å²) in [6.07, 6.45) is 3.17. The standard InChI is InChI=1S/C16H17N3O2/c1-2-6-14-15(20)18-11-7-3-4-9-13(11)19(14)16(21)12-8-5-10-17-12/h3-5,7-10,14,17H,2,6H2,1H3,(H,18,20)/t14-/m0/s1. The van der Waals surface area contributed by atoms with Crippen LogP contribution in [0.2, 0.25) is 0 Å². The van der Waals surface area contributed by atoms with E-state index in [0.29, 0.717) is 17.8 Å². The van der Waals surface area contributed by atoms with Gasteiger partial charge >= 0.3 is 0 Å². The van der Waals surface area contributed by atoms with Crippen LogP contribution >= 0.6 is 0 Å². The largest absolute Gasteiger partial charge is 0.357 e. The summed E-state index contributed by atoms with van der Waals surface area (Å²) in [5.74, 6) is -0.309. The van der Waals surface area contributed by atoms with Gasteiger partial charge in [0.2, 0.25) is 5.91 Å². The van der Waals surface area contributed by atoms with Crippen molar-refractivity contribution in [2.24, 2.45) is 0 Å². The SMILES string of the molecule is CCC[C@H]1C(=O)Nc2ccccc2N1C(=O)c1ccc[nH]1. The lowest BCUT2D eigenvalue weighted by molar-refractivity contribution is -0.117. The lowest BCUT2D eigenvalue weighted by atomic mass is 10.0. The first kappa shape index (κ1) is 13.4. The molecule has 0 spiro atoms. The Balaban J connectivity index is 2.07. The summed E-state index contributed by atoms with van der Waals surface area (Å²) < 4.78 is 0. The van der Waals surface area contributed by atoms with Gasteiger partial charge in [-0.15, -0.1) is 0 Å². The maximum absolute atomic E-state index is 12.8. The average molecular weight is 283 g/mol. The molecule has 1 aromatic carbocycles. The molecular weight excluding hydrogens is 266 g/mol. The molecular formula is C16H17N3O2. The van der Waals surface area contributed by atoms with Gasteiger partial charge < -0.3 is 10.3 Å². The van der Waals surface area contributed by atoms with E-state index < -0.39 is 6.04 Å². The molecule has 5 nitrogen and oxygen atoms in total. The summed E-state index contributed by atoms with van der Waals surface area (Å²) >= 11 is 0.